The lowest BCUT2D eigenvalue weighted by Crippen LogP contribution is -2.14. The second kappa shape index (κ2) is 16.0. The fourth-order valence-corrected chi connectivity index (χ4v) is 5.80. The van der Waals surface area contributed by atoms with Crippen molar-refractivity contribution in [2.75, 3.05) is 0 Å². The van der Waals surface area contributed by atoms with Crippen molar-refractivity contribution in [3.05, 3.63) is 33.9 Å². The average Bonchev–Trinajstić information content (AvgIpc) is 2.70. The highest BCUT2D eigenvalue weighted by atomic mass is 14.3. The zero-order valence-electron chi connectivity index (χ0n) is 23.6. The number of hydrogen-bond donors (Lipinski definition) is 0. The molecule has 0 aromatic rings. The van der Waals surface area contributed by atoms with Crippen LogP contribution in [0.2, 0.25) is 0 Å². The van der Waals surface area contributed by atoms with Crippen LogP contribution in [0.15, 0.2) is 33.9 Å². The molecule has 0 heterocycles. The fraction of sp³-hybridized carbons (Fsp3) is 0.812. The molecule has 0 aliphatic heterocycles. The summed E-state index contributed by atoms with van der Waals surface area (Å²) in [7, 11) is 0. The molecule has 0 bridgehead atoms. The van der Waals surface area contributed by atoms with E-state index < -0.39 is 0 Å². The van der Waals surface area contributed by atoms with Gasteiger partial charge in [-0.25, -0.2) is 0 Å². The summed E-state index contributed by atoms with van der Waals surface area (Å²) in [5.74, 6) is 3.29. The molecule has 32 heavy (non-hydrogen) atoms. The van der Waals surface area contributed by atoms with Crippen molar-refractivity contribution in [1.29, 1.82) is 0 Å². The lowest BCUT2D eigenvalue weighted by molar-refractivity contribution is 0.378. The Kier molecular flexibility index (Phi) is 14.6. The fourth-order valence-electron chi connectivity index (χ4n) is 5.80. The molecule has 0 fully saturated rings. The molecule has 0 N–H and O–H groups in total. The van der Waals surface area contributed by atoms with Crippen molar-refractivity contribution in [2.45, 2.75) is 146 Å². The molecule has 1 aliphatic rings. The highest BCUT2D eigenvalue weighted by Gasteiger charge is 2.22. The summed E-state index contributed by atoms with van der Waals surface area (Å²) in [6, 6.07) is 0. The van der Waals surface area contributed by atoms with Crippen LogP contribution < -0.4 is 0 Å². The number of rotatable bonds is 11. The maximum absolute atomic E-state index is 2.48. The first-order valence-corrected chi connectivity index (χ1v) is 14.2. The highest BCUT2D eigenvalue weighted by molar-refractivity contribution is 5.22. The van der Waals surface area contributed by atoms with Crippen molar-refractivity contribution in [2.24, 2.45) is 23.7 Å². The summed E-state index contributed by atoms with van der Waals surface area (Å²) < 4.78 is 0. The smallest absolute Gasteiger partial charge is 0.0200 e. The van der Waals surface area contributed by atoms with E-state index in [-0.39, 0.29) is 0 Å². The lowest BCUT2D eigenvalue weighted by Gasteiger charge is -2.29. The van der Waals surface area contributed by atoms with E-state index in [4.69, 9.17) is 0 Å². The molecule has 2 atom stereocenters. The van der Waals surface area contributed by atoms with Gasteiger partial charge in [-0.05, 0) is 109 Å². The van der Waals surface area contributed by atoms with E-state index in [0.29, 0.717) is 0 Å². The standard InChI is InChI=1S/C32H58/c1-10-13-27(8)19-22-32-28(9)20-23-31(26(6)7)29(15-11-14-24(2)3)16-12-17-30(32)21-18-25(4)5/h13,24-25,29-30H,10-12,14-23H2,1-9H3/b27-13+,32-28-/t29-,30-/m0/s1. The third kappa shape index (κ3) is 11.4. The third-order valence-corrected chi connectivity index (χ3v) is 7.82. The Bertz CT molecular complexity index is 606. The van der Waals surface area contributed by atoms with E-state index in [2.05, 4.69) is 68.4 Å². The van der Waals surface area contributed by atoms with Gasteiger partial charge in [-0.1, -0.05) is 94.2 Å². The van der Waals surface area contributed by atoms with E-state index in [9.17, 15) is 0 Å². The van der Waals surface area contributed by atoms with E-state index in [1.54, 1.807) is 22.3 Å². The normalized spacial score (nSPS) is 23.8. The summed E-state index contributed by atoms with van der Waals surface area (Å²) in [5.41, 5.74) is 8.55. The Labute approximate surface area is 203 Å². The SMILES string of the molecule is CC/C=C(\C)CC/C1=C(\C)CCC(=C(C)C)[C@@H](CCCC(C)C)CCC[C@H]1CCC(C)C. The quantitative estimate of drug-likeness (QED) is 0.279. The van der Waals surface area contributed by atoms with Crippen LogP contribution in [0.4, 0.5) is 0 Å². The molecular formula is C32H58. The van der Waals surface area contributed by atoms with Gasteiger partial charge in [-0.2, -0.15) is 0 Å². The van der Waals surface area contributed by atoms with Crippen LogP contribution in [0.1, 0.15) is 146 Å². The summed E-state index contributed by atoms with van der Waals surface area (Å²) in [6.45, 7) is 21.4. The molecule has 0 heteroatoms. The first-order chi connectivity index (χ1) is 15.1. The van der Waals surface area contributed by atoms with Crippen molar-refractivity contribution >= 4 is 0 Å². The van der Waals surface area contributed by atoms with Gasteiger partial charge in [0, 0.05) is 0 Å². The van der Waals surface area contributed by atoms with Gasteiger partial charge < -0.3 is 0 Å². The molecule has 0 aromatic heterocycles. The van der Waals surface area contributed by atoms with Crippen molar-refractivity contribution in [3.63, 3.8) is 0 Å². The van der Waals surface area contributed by atoms with Gasteiger partial charge >= 0.3 is 0 Å². The van der Waals surface area contributed by atoms with Crippen molar-refractivity contribution in [1.82, 2.24) is 0 Å². The molecule has 0 saturated carbocycles. The van der Waals surface area contributed by atoms with Gasteiger partial charge in [0.1, 0.15) is 0 Å². The van der Waals surface area contributed by atoms with Crippen molar-refractivity contribution in [3.8, 4) is 0 Å². The topological polar surface area (TPSA) is 0 Å². The molecule has 1 rings (SSSR count). The molecule has 0 spiro atoms. The van der Waals surface area contributed by atoms with Gasteiger partial charge in [-0.3, -0.25) is 0 Å². The number of hydrogen-bond acceptors (Lipinski definition) is 0. The van der Waals surface area contributed by atoms with Gasteiger partial charge in [-0.15, -0.1) is 0 Å². The lowest BCUT2D eigenvalue weighted by atomic mass is 9.76. The first kappa shape index (κ1) is 29.3. The van der Waals surface area contributed by atoms with Gasteiger partial charge in [0.05, 0.1) is 0 Å². The van der Waals surface area contributed by atoms with E-state index >= 15 is 0 Å². The van der Waals surface area contributed by atoms with Crippen LogP contribution >= 0.6 is 0 Å². The zero-order valence-corrected chi connectivity index (χ0v) is 23.6. The van der Waals surface area contributed by atoms with Crippen LogP contribution in [-0.4, -0.2) is 0 Å². The minimum atomic E-state index is 0.815. The van der Waals surface area contributed by atoms with E-state index in [1.807, 2.05) is 5.57 Å². The predicted molar refractivity (Wildman–Crippen MR) is 147 cm³/mol. The van der Waals surface area contributed by atoms with Crippen LogP contribution in [0.25, 0.3) is 0 Å². The minimum absolute atomic E-state index is 0.815. The first-order valence-electron chi connectivity index (χ1n) is 14.2. The van der Waals surface area contributed by atoms with Crippen LogP contribution in [0.3, 0.4) is 0 Å². The molecule has 0 aromatic carbocycles. The Morgan fingerprint density at radius 1 is 0.906 bits per heavy atom. The third-order valence-electron chi connectivity index (χ3n) is 7.82. The second-order valence-corrected chi connectivity index (χ2v) is 11.9. The molecule has 0 nitrogen and oxygen atoms in total. The molecule has 0 unspecified atom stereocenters. The van der Waals surface area contributed by atoms with Crippen LogP contribution in [-0.2, 0) is 0 Å². The largest absolute Gasteiger partial charge is 0.0859 e. The van der Waals surface area contributed by atoms with E-state index in [0.717, 1.165) is 23.7 Å². The highest BCUT2D eigenvalue weighted by Crippen LogP contribution is 2.38. The Morgan fingerprint density at radius 3 is 2.16 bits per heavy atom. The van der Waals surface area contributed by atoms with Gasteiger partial charge in [0.25, 0.3) is 0 Å². The Hall–Kier alpha value is -0.780. The van der Waals surface area contributed by atoms with Crippen LogP contribution in [0.5, 0.6) is 0 Å². The summed E-state index contributed by atoms with van der Waals surface area (Å²) in [4.78, 5) is 0. The van der Waals surface area contributed by atoms with Gasteiger partial charge in [0.15, 0.2) is 0 Å². The monoisotopic (exact) mass is 442 g/mol. The summed E-state index contributed by atoms with van der Waals surface area (Å²) in [6.07, 6.45) is 19.9. The molecule has 0 radical (unpaired) electrons. The van der Waals surface area contributed by atoms with Crippen molar-refractivity contribution < 1.29 is 0 Å². The maximum atomic E-state index is 2.48. The molecule has 0 saturated heterocycles. The van der Waals surface area contributed by atoms with Gasteiger partial charge in [0.2, 0.25) is 0 Å². The molecule has 186 valence electrons. The predicted octanol–water partition coefficient (Wildman–Crippen LogP) is 11.2. The molecule has 1 aliphatic carbocycles. The summed E-state index contributed by atoms with van der Waals surface area (Å²) >= 11 is 0. The maximum Gasteiger partial charge on any atom is -0.0200 e. The minimum Gasteiger partial charge on any atom is -0.0859 e. The Morgan fingerprint density at radius 2 is 1.56 bits per heavy atom. The second-order valence-electron chi connectivity index (χ2n) is 11.9. The number of allylic oxidation sites excluding steroid dienone is 6. The average molecular weight is 443 g/mol. The summed E-state index contributed by atoms with van der Waals surface area (Å²) in [5, 5.41) is 0. The molecular weight excluding hydrogens is 384 g/mol. The molecule has 0 amide bonds. The Balaban J connectivity index is 3.11. The van der Waals surface area contributed by atoms with E-state index in [1.165, 1.54) is 83.5 Å². The zero-order chi connectivity index (χ0) is 24.1. The van der Waals surface area contributed by atoms with Crippen LogP contribution in [0, 0.1) is 23.7 Å².